The van der Waals surface area contributed by atoms with Crippen LogP contribution >= 0.6 is 11.8 Å². The Morgan fingerprint density at radius 2 is 1.54 bits per heavy atom. The Balaban J connectivity index is 1.83. The summed E-state index contributed by atoms with van der Waals surface area (Å²) in [6.07, 6.45) is 27.9. The molecule has 0 bridgehead atoms. The largest absolute Gasteiger partial charge is 0.197 e. The molecule has 0 aliphatic heterocycles. The number of thioether (sulfide) groups is 1. The molecule has 24 heavy (non-hydrogen) atoms. The van der Waals surface area contributed by atoms with Gasteiger partial charge in [-0.2, -0.15) is 10.3 Å². The molecule has 134 valence electrons. The number of hydrogen-bond acceptors (Lipinski definition) is 3. The zero-order valence-electron chi connectivity index (χ0n) is 15.1. The predicted molar refractivity (Wildman–Crippen MR) is 106 cm³/mol. The molecule has 1 heterocycles. The second kappa shape index (κ2) is 16.6. The lowest BCUT2D eigenvalue weighted by molar-refractivity contribution is 0.728. The molecular formula is C20H33N3S. The number of rotatable bonds is 15. The fourth-order valence-corrected chi connectivity index (χ4v) is 3.06. The van der Waals surface area contributed by atoms with Crippen LogP contribution < -0.4 is 0 Å². The Bertz CT molecular complexity index is 449. The smallest absolute Gasteiger partial charge is 0.138 e. The molecule has 1 N–H and O–H groups in total. The van der Waals surface area contributed by atoms with Gasteiger partial charge in [0.15, 0.2) is 0 Å². The van der Waals surface area contributed by atoms with Gasteiger partial charge >= 0.3 is 0 Å². The number of H-pyrrole nitrogens is 1. The normalized spacial score (nSPS) is 12.2. The molecule has 0 aliphatic carbocycles. The number of hydrogen-bond donors (Lipinski definition) is 1. The van der Waals surface area contributed by atoms with Crippen LogP contribution in [-0.4, -0.2) is 21.2 Å². The monoisotopic (exact) mass is 347 g/mol. The van der Waals surface area contributed by atoms with Crippen molar-refractivity contribution < 1.29 is 0 Å². The lowest BCUT2D eigenvalue weighted by Gasteiger charge is -1.97. The average molecular weight is 348 g/mol. The minimum absolute atomic E-state index is 0.998. The Morgan fingerprint density at radius 1 is 0.875 bits per heavy atom. The second-order valence-corrected chi connectivity index (χ2v) is 7.00. The van der Waals surface area contributed by atoms with Crippen LogP contribution in [0.25, 0.3) is 0 Å². The van der Waals surface area contributed by atoms with Gasteiger partial charge in [-0.25, -0.2) is 0 Å². The van der Waals surface area contributed by atoms with E-state index >= 15 is 0 Å². The lowest BCUT2D eigenvalue weighted by atomic mass is 10.2. The molecule has 1 rings (SSSR count). The SMILES string of the molecule is CCCCC/C=C\C/C=C\C/C=C\CCCCCSc1cn[nH]n1. The third-order valence-electron chi connectivity index (χ3n) is 3.68. The maximum atomic E-state index is 4.03. The van der Waals surface area contributed by atoms with E-state index in [2.05, 4.69) is 58.8 Å². The van der Waals surface area contributed by atoms with Gasteiger partial charge in [0, 0.05) is 0 Å². The van der Waals surface area contributed by atoms with Gasteiger partial charge in [0.05, 0.1) is 6.20 Å². The number of allylic oxidation sites excluding steroid dienone is 6. The Labute approximate surface area is 152 Å². The summed E-state index contributed by atoms with van der Waals surface area (Å²) >= 11 is 1.78. The van der Waals surface area contributed by atoms with Crippen molar-refractivity contribution in [3.05, 3.63) is 42.7 Å². The molecule has 4 heteroatoms. The van der Waals surface area contributed by atoms with E-state index in [1.807, 2.05) is 0 Å². The predicted octanol–water partition coefficient (Wildman–Crippen LogP) is 6.49. The van der Waals surface area contributed by atoms with Gasteiger partial charge in [-0.1, -0.05) is 62.6 Å². The molecule has 1 aromatic rings. The van der Waals surface area contributed by atoms with E-state index in [0.717, 1.165) is 23.6 Å². The highest BCUT2D eigenvalue weighted by Crippen LogP contribution is 2.15. The number of aromatic nitrogens is 3. The molecular weight excluding hydrogens is 314 g/mol. The Hall–Kier alpha value is -1.29. The second-order valence-electron chi connectivity index (χ2n) is 5.89. The molecule has 0 saturated heterocycles. The van der Waals surface area contributed by atoms with Gasteiger partial charge in [0.2, 0.25) is 0 Å². The van der Waals surface area contributed by atoms with Crippen LogP contribution in [0.15, 0.2) is 47.7 Å². The van der Waals surface area contributed by atoms with Gasteiger partial charge in [-0.05, 0) is 50.7 Å². The van der Waals surface area contributed by atoms with Crippen LogP contribution in [0.4, 0.5) is 0 Å². The Morgan fingerprint density at radius 3 is 2.17 bits per heavy atom. The third kappa shape index (κ3) is 13.2. The summed E-state index contributed by atoms with van der Waals surface area (Å²) in [4.78, 5) is 0. The molecule has 0 fully saturated rings. The average Bonchev–Trinajstić information content (AvgIpc) is 3.11. The van der Waals surface area contributed by atoms with E-state index in [1.165, 1.54) is 51.4 Å². The van der Waals surface area contributed by atoms with Gasteiger partial charge in [0.1, 0.15) is 5.03 Å². The highest BCUT2D eigenvalue weighted by molar-refractivity contribution is 7.99. The molecule has 0 aliphatic rings. The standard InChI is InChI=1S/C20H33N3S/c1-2-3-4-5-6-7-8-9-10-11-12-13-14-15-16-17-18-24-20-19-21-23-22-20/h6-7,9-10,12-13,19H,2-5,8,11,14-18H2,1H3,(H,21,22,23)/b7-6-,10-9-,13-12-. The summed E-state index contributed by atoms with van der Waals surface area (Å²) in [6.45, 7) is 2.25. The number of aromatic amines is 1. The summed E-state index contributed by atoms with van der Waals surface area (Å²) in [5, 5.41) is 11.5. The highest BCUT2D eigenvalue weighted by atomic mass is 32.2. The number of unbranched alkanes of at least 4 members (excludes halogenated alkanes) is 6. The van der Waals surface area contributed by atoms with Crippen molar-refractivity contribution in [1.82, 2.24) is 15.4 Å². The fraction of sp³-hybridized carbons (Fsp3) is 0.600. The first kappa shape index (κ1) is 20.8. The molecule has 0 unspecified atom stereocenters. The first-order valence-corrected chi connectivity index (χ1v) is 10.4. The van der Waals surface area contributed by atoms with Crippen LogP contribution in [-0.2, 0) is 0 Å². The van der Waals surface area contributed by atoms with Crippen LogP contribution in [0.1, 0.15) is 71.1 Å². The maximum Gasteiger partial charge on any atom is 0.138 e. The van der Waals surface area contributed by atoms with E-state index in [1.54, 1.807) is 18.0 Å². The molecule has 0 atom stereocenters. The van der Waals surface area contributed by atoms with Gasteiger partial charge < -0.3 is 0 Å². The van der Waals surface area contributed by atoms with Crippen molar-refractivity contribution >= 4 is 11.8 Å². The van der Waals surface area contributed by atoms with Crippen molar-refractivity contribution in [1.29, 1.82) is 0 Å². The summed E-state index contributed by atoms with van der Waals surface area (Å²) in [6, 6.07) is 0. The van der Waals surface area contributed by atoms with E-state index in [0.29, 0.717) is 0 Å². The van der Waals surface area contributed by atoms with E-state index in [9.17, 15) is 0 Å². The van der Waals surface area contributed by atoms with Gasteiger partial charge in [-0.15, -0.1) is 16.9 Å². The molecule has 0 amide bonds. The number of nitrogens with zero attached hydrogens (tertiary/aromatic N) is 2. The molecule has 0 saturated carbocycles. The van der Waals surface area contributed by atoms with E-state index in [-0.39, 0.29) is 0 Å². The first-order valence-electron chi connectivity index (χ1n) is 9.37. The Kier molecular flexibility index (Phi) is 14.3. The minimum atomic E-state index is 0.998. The third-order valence-corrected chi connectivity index (χ3v) is 4.66. The summed E-state index contributed by atoms with van der Waals surface area (Å²) < 4.78 is 0. The topological polar surface area (TPSA) is 41.6 Å². The summed E-state index contributed by atoms with van der Waals surface area (Å²) in [7, 11) is 0. The molecule has 1 aromatic heterocycles. The fourth-order valence-electron chi connectivity index (χ4n) is 2.27. The van der Waals surface area contributed by atoms with Crippen LogP contribution in [0, 0.1) is 0 Å². The van der Waals surface area contributed by atoms with Crippen molar-refractivity contribution in [2.45, 2.75) is 76.2 Å². The van der Waals surface area contributed by atoms with Crippen molar-refractivity contribution in [3.8, 4) is 0 Å². The minimum Gasteiger partial charge on any atom is -0.197 e. The molecule has 3 nitrogen and oxygen atoms in total. The van der Waals surface area contributed by atoms with Crippen LogP contribution in [0.2, 0.25) is 0 Å². The van der Waals surface area contributed by atoms with Crippen LogP contribution in [0.5, 0.6) is 0 Å². The van der Waals surface area contributed by atoms with E-state index < -0.39 is 0 Å². The highest BCUT2D eigenvalue weighted by Gasteiger charge is 1.95. The van der Waals surface area contributed by atoms with Gasteiger partial charge in [-0.3, -0.25) is 0 Å². The molecule has 0 spiro atoms. The van der Waals surface area contributed by atoms with Crippen molar-refractivity contribution in [3.63, 3.8) is 0 Å². The van der Waals surface area contributed by atoms with Crippen LogP contribution in [0.3, 0.4) is 0 Å². The molecule has 0 radical (unpaired) electrons. The van der Waals surface area contributed by atoms with E-state index in [4.69, 9.17) is 0 Å². The number of nitrogens with one attached hydrogen (secondary N) is 1. The lowest BCUT2D eigenvalue weighted by Crippen LogP contribution is -1.81. The molecule has 0 aromatic carbocycles. The zero-order chi connectivity index (χ0) is 17.1. The summed E-state index contributed by atoms with van der Waals surface area (Å²) in [5.41, 5.74) is 0. The van der Waals surface area contributed by atoms with Crippen molar-refractivity contribution in [2.75, 3.05) is 5.75 Å². The maximum absolute atomic E-state index is 4.03. The summed E-state index contributed by atoms with van der Waals surface area (Å²) in [5.74, 6) is 1.13. The zero-order valence-corrected chi connectivity index (χ0v) is 15.9. The van der Waals surface area contributed by atoms with Crippen molar-refractivity contribution in [2.24, 2.45) is 0 Å². The first-order chi connectivity index (χ1) is 11.9. The van der Waals surface area contributed by atoms with Gasteiger partial charge in [0.25, 0.3) is 0 Å². The quantitative estimate of drug-likeness (QED) is 0.224.